The van der Waals surface area contributed by atoms with E-state index in [1.165, 1.54) is 24.4 Å². The number of hydrogen-bond donors (Lipinski definition) is 1. The van der Waals surface area contributed by atoms with E-state index in [0.29, 0.717) is 30.3 Å². The van der Waals surface area contributed by atoms with Gasteiger partial charge in [0.1, 0.15) is 23.1 Å². The summed E-state index contributed by atoms with van der Waals surface area (Å²) < 4.78 is 35.3. The van der Waals surface area contributed by atoms with Crippen LogP contribution >= 0.6 is 11.6 Å². The molecule has 2 aromatic carbocycles. The maximum absolute atomic E-state index is 14.8. The molecule has 1 fully saturated rings. The summed E-state index contributed by atoms with van der Waals surface area (Å²) >= 11 is 5.86. The van der Waals surface area contributed by atoms with Gasteiger partial charge in [-0.3, -0.25) is 4.79 Å². The molecule has 0 bridgehead atoms. The zero-order valence-electron chi connectivity index (χ0n) is 16.3. The number of nitrogens with zero attached hydrogens (tertiary/aromatic N) is 3. The first-order chi connectivity index (χ1) is 14.9. The number of benzene rings is 2. The van der Waals surface area contributed by atoms with Gasteiger partial charge >= 0.3 is 5.97 Å². The molecule has 1 unspecified atom stereocenters. The minimum Gasteiger partial charge on any atom is -0.481 e. The highest BCUT2D eigenvalue weighted by Crippen LogP contribution is 2.33. The summed E-state index contributed by atoms with van der Waals surface area (Å²) in [5.74, 6) is -1.72. The van der Waals surface area contributed by atoms with Gasteiger partial charge in [0.15, 0.2) is 5.82 Å². The van der Waals surface area contributed by atoms with Crippen LogP contribution in [0.2, 0.25) is 5.02 Å². The number of carboxylic acids is 1. The van der Waals surface area contributed by atoms with Crippen molar-refractivity contribution in [3.8, 4) is 23.0 Å². The second kappa shape index (κ2) is 8.85. The largest absolute Gasteiger partial charge is 0.481 e. The Hall–Kier alpha value is -3.26. The van der Waals surface area contributed by atoms with Gasteiger partial charge in [-0.05, 0) is 48.7 Å². The molecule has 6 nitrogen and oxygen atoms in total. The summed E-state index contributed by atoms with van der Waals surface area (Å²) in [7, 11) is 0. The summed E-state index contributed by atoms with van der Waals surface area (Å²) in [6.45, 7) is 0.687. The molecule has 4 rings (SSSR count). The summed E-state index contributed by atoms with van der Waals surface area (Å²) in [5.41, 5.74) is 0.00629. The third kappa shape index (κ3) is 4.91. The molecular weight excluding hydrogens is 428 g/mol. The van der Waals surface area contributed by atoms with Crippen molar-refractivity contribution in [2.75, 3.05) is 18.0 Å². The standard InChI is InChI=1S/C22H18ClF2N3O3/c23-15-1-3-16(4-2-15)31-19-5-7-26-22(27-19)14-10-17(24)21(18(25)11-14)28-8-6-13(12-28)9-20(29)30/h1-5,7,10-11,13H,6,8-9,12H2,(H,29,30). The van der Waals surface area contributed by atoms with Crippen LogP contribution in [-0.4, -0.2) is 34.1 Å². The first kappa shape index (κ1) is 21.0. The normalized spacial score (nSPS) is 15.8. The molecule has 3 aromatic rings. The van der Waals surface area contributed by atoms with Crippen LogP contribution in [0.4, 0.5) is 14.5 Å². The van der Waals surface area contributed by atoms with Gasteiger partial charge in [0.05, 0.1) is 0 Å². The fourth-order valence-electron chi connectivity index (χ4n) is 3.61. The highest BCUT2D eigenvalue weighted by Gasteiger charge is 2.28. The van der Waals surface area contributed by atoms with E-state index in [1.807, 2.05) is 0 Å². The first-order valence-corrected chi connectivity index (χ1v) is 9.99. The predicted octanol–water partition coefficient (Wildman–Crippen LogP) is 5.17. The molecule has 1 atom stereocenters. The predicted molar refractivity (Wildman–Crippen MR) is 111 cm³/mol. The summed E-state index contributed by atoms with van der Waals surface area (Å²) in [6.07, 6.45) is 1.99. The highest BCUT2D eigenvalue weighted by molar-refractivity contribution is 6.30. The van der Waals surface area contributed by atoms with Gasteiger partial charge in [0.25, 0.3) is 0 Å². The summed E-state index contributed by atoms with van der Waals surface area (Å²) in [5, 5.41) is 9.50. The smallest absolute Gasteiger partial charge is 0.303 e. The molecule has 1 saturated heterocycles. The number of hydrogen-bond acceptors (Lipinski definition) is 5. The van der Waals surface area contributed by atoms with Gasteiger partial charge in [-0.1, -0.05) is 11.6 Å². The van der Waals surface area contributed by atoms with Crippen molar-refractivity contribution < 1.29 is 23.4 Å². The van der Waals surface area contributed by atoms with Crippen molar-refractivity contribution in [2.45, 2.75) is 12.8 Å². The van der Waals surface area contributed by atoms with Crippen LogP contribution in [0.25, 0.3) is 11.4 Å². The lowest BCUT2D eigenvalue weighted by Gasteiger charge is -2.20. The molecule has 31 heavy (non-hydrogen) atoms. The van der Waals surface area contributed by atoms with Crippen molar-refractivity contribution in [1.29, 1.82) is 0 Å². The lowest BCUT2D eigenvalue weighted by Crippen LogP contribution is -2.23. The van der Waals surface area contributed by atoms with E-state index in [-0.39, 0.29) is 35.3 Å². The van der Waals surface area contributed by atoms with Crippen LogP contribution < -0.4 is 9.64 Å². The van der Waals surface area contributed by atoms with E-state index >= 15 is 0 Å². The summed E-state index contributed by atoms with van der Waals surface area (Å²) in [6, 6.07) is 10.6. The van der Waals surface area contributed by atoms with E-state index in [1.54, 1.807) is 29.2 Å². The second-order valence-electron chi connectivity index (χ2n) is 7.26. The minimum atomic E-state index is -0.916. The lowest BCUT2D eigenvalue weighted by molar-refractivity contribution is -0.137. The molecule has 160 valence electrons. The third-order valence-corrected chi connectivity index (χ3v) is 5.26. The average molecular weight is 446 g/mol. The fourth-order valence-corrected chi connectivity index (χ4v) is 3.73. The van der Waals surface area contributed by atoms with Crippen molar-refractivity contribution >= 4 is 23.3 Å². The number of ether oxygens (including phenoxy) is 1. The zero-order chi connectivity index (χ0) is 22.0. The maximum Gasteiger partial charge on any atom is 0.303 e. The zero-order valence-corrected chi connectivity index (χ0v) is 17.0. The molecule has 1 aliphatic rings. The molecule has 1 aromatic heterocycles. The average Bonchev–Trinajstić information content (AvgIpc) is 3.16. The van der Waals surface area contributed by atoms with Gasteiger partial charge in [0.2, 0.25) is 5.88 Å². The summed E-state index contributed by atoms with van der Waals surface area (Å²) in [4.78, 5) is 20.8. The van der Waals surface area contributed by atoms with E-state index in [9.17, 15) is 13.6 Å². The lowest BCUT2D eigenvalue weighted by atomic mass is 10.1. The van der Waals surface area contributed by atoms with E-state index in [0.717, 1.165) is 0 Å². The maximum atomic E-state index is 14.8. The second-order valence-corrected chi connectivity index (χ2v) is 7.70. The Morgan fingerprint density at radius 2 is 1.90 bits per heavy atom. The van der Waals surface area contributed by atoms with E-state index < -0.39 is 17.6 Å². The van der Waals surface area contributed by atoms with Crippen LogP contribution in [0, 0.1) is 17.6 Å². The van der Waals surface area contributed by atoms with Gasteiger partial charge in [-0.25, -0.2) is 13.8 Å². The molecular formula is C22H18ClF2N3O3. The van der Waals surface area contributed by atoms with Gasteiger partial charge in [0, 0.05) is 42.4 Å². The Bertz CT molecular complexity index is 1090. The van der Waals surface area contributed by atoms with Gasteiger partial charge < -0.3 is 14.7 Å². The Balaban J connectivity index is 1.55. The number of carbonyl (C=O) groups is 1. The van der Waals surface area contributed by atoms with Crippen molar-refractivity contribution in [3.63, 3.8) is 0 Å². The van der Waals surface area contributed by atoms with Gasteiger partial charge in [-0.15, -0.1) is 0 Å². The third-order valence-electron chi connectivity index (χ3n) is 5.01. The highest BCUT2D eigenvalue weighted by atomic mass is 35.5. The Morgan fingerprint density at radius 1 is 1.19 bits per heavy atom. The van der Waals surface area contributed by atoms with E-state index in [2.05, 4.69) is 9.97 Å². The SMILES string of the molecule is O=C(O)CC1CCN(c2c(F)cc(-c3nccc(Oc4ccc(Cl)cc4)n3)cc2F)C1. The van der Waals surface area contributed by atoms with Crippen molar-refractivity contribution in [3.05, 3.63) is 65.3 Å². The monoisotopic (exact) mass is 445 g/mol. The number of carboxylic acid groups (broad SMARTS) is 1. The molecule has 0 amide bonds. The van der Waals surface area contributed by atoms with Crippen LogP contribution in [0.3, 0.4) is 0 Å². The Labute approximate surface area is 182 Å². The van der Waals surface area contributed by atoms with Crippen LogP contribution in [0.5, 0.6) is 11.6 Å². The number of halogens is 3. The topological polar surface area (TPSA) is 75.5 Å². The Kier molecular flexibility index (Phi) is 5.99. The number of rotatable bonds is 6. The van der Waals surface area contributed by atoms with E-state index in [4.69, 9.17) is 21.4 Å². The molecule has 0 spiro atoms. The van der Waals surface area contributed by atoms with Crippen molar-refractivity contribution in [2.24, 2.45) is 5.92 Å². The van der Waals surface area contributed by atoms with Crippen LogP contribution in [0.1, 0.15) is 12.8 Å². The van der Waals surface area contributed by atoms with Crippen LogP contribution in [0.15, 0.2) is 48.7 Å². The first-order valence-electron chi connectivity index (χ1n) is 9.61. The molecule has 1 aliphatic heterocycles. The molecule has 9 heteroatoms. The molecule has 0 aliphatic carbocycles. The number of aliphatic carboxylic acids is 1. The van der Waals surface area contributed by atoms with Gasteiger partial charge in [-0.2, -0.15) is 4.98 Å². The Morgan fingerprint density at radius 3 is 2.58 bits per heavy atom. The fraction of sp³-hybridized carbons (Fsp3) is 0.227. The molecule has 0 radical (unpaired) electrons. The van der Waals surface area contributed by atoms with Crippen LogP contribution in [-0.2, 0) is 4.79 Å². The number of anilines is 1. The number of aromatic nitrogens is 2. The molecule has 0 saturated carbocycles. The van der Waals surface area contributed by atoms with Crippen molar-refractivity contribution in [1.82, 2.24) is 9.97 Å². The molecule has 1 N–H and O–H groups in total. The minimum absolute atomic E-state index is 0.0218. The molecule has 2 heterocycles. The quantitative estimate of drug-likeness (QED) is 0.564.